The van der Waals surface area contributed by atoms with Gasteiger partial charge in [0.2, 0.25) is 5.91 Å². The highest BCUT2D eigenvalue weighted by Crippen LogP contribution is 2.37. The fourth-order valence-corrected chi connectivity index (χ4v) is 8.41. The van der Waals surface area contributed by atoms with Crippen molar-refractivity contribution in [2.24, 2.45) is 5.92 Å². The van der Waals surface area contributed by atoms with Crippen molar-refractivity contribution in [1.82, 2.24) is 45.0 Å². The lowest BCUT2D eigenvalue weighted by Crippen LogP contribution is -2.53. The summed E-state index contributed by atoms with van der Waals surface area (Å²) in [5.74, 6) is 1.31. The summed E-state index contributed by atoms with van der Waals surface area (Å²) < 4.78 is 3.35. The third kappa shape index (κ3) is 7.99. The van der Waals surface area contributed by atoms with Gasteiger partial charge in [0, 0.05) is 73.6 Å². The highest BCUT2D eigenvalue weighted by atomic mass is 16.2. The van der Waals surface area contributed by atoms with Gasteiger partial charge in [-0.15, -0.1) is 5.10 Å². The van der Waals surface area contributed by atoms with Crippen molar-refractivity contribution in [3.8, 4) is 23.6 Å². The molecule has 1 saturated carbocycles. The van der Waals surface area contributed by atoms with Gasteiger partial charge in [0.15, 0.2) is 11.5 Å². The number of amides is 3. The van der Waals surface area contributed by atoms with Crippen LogP contribution < -0.4 is 20.4 Å². The van der Waals surface area contributed by atoms with Crippen molar-refractivity contribution < 1.29 is 9.59 Å². The van der Waals surface area contributed by atoms with Crippen molar-refractivity contribution in [3.63, 3.8) is 0 Å². The van der Waals surface area contributed by atoms with Gasteiger partial charge < -0.3 is 10.2 Å². The van der Waals surface area contributed by atoms with Crippen LogP contribution in [0, 0.1) is 28.6 Å². The van der Waals surface area contributed by atoms with Crippen molar-refractivity contribution in [3.05, 3.63) is 72.4 Å². The molecule has 3 amide bonds. The Kier molecular flexibility index (Phi) is 10.8. The van der Waals surface area contributed by atoms with Crippen molar-refractivity contribution in [2.45, 2.75) is 76.8 Å². The normalized spacial score (nSPS) is 20.9. The number of nitrogens with one attached hydrogen (secondary N) is 2. The molecule has 0 unspecified atom stereocenters. The van der Waals surface area contributed by atoms with E-state index in [-0.39, 0.29) is 11.9 Å². The molecule has 57 heavy (non-hydrogen) atoms. The average molecular weight is 767 g/mol. The lowest BCUT2D eigenvalue weighted by molar-refractivity contribution is -0.120. The molecule has 8 rings (SSSR count). The molecule has 2 aliphatic heterocycles. The highest BCUT2D eigenvalue weighted by Gasteiger charge is 2.30. The third-order valence-electron chi connectivity index (χ3n) is 11.6. The largest absolute Gasteiger partial charge is 0.368 e. The Balaban J connectivity index is 0.855. The van der Waals surface area contributed by atoms with Crippen molar-refractivity contribution in [1.29, 1.82) is 10.5 Å². The minimum absolute atomic E-state index is 0.224. The molecule has 1 aliphatic carbocycles. The first kappa shape index (κ1) is 37.5. The van der Waals surface area contributed by atoms with Gasteiger partial charge in [-0.25, -0.2) is 19.4 Å². The molecular weight excluding hydrogens is 721 g/mol. The molecule has 5 aromatic rings. The summed E-state index contributed by atoms with van der Waals surface area (Å²) >= 11 is 0. The number of pyridine rings is 2. The van der Waals surface area contributed by atoms with E-state index in [0.29, 0.717) is 59.2 Å². The number of nitrogens with zero attached hydrogens (tertiary/aromatic N) is 12. The molecule has 3 fully saturated rings. The van der Waals surface area contributed by atoms with E-state index in [2.05, 4.69) is 77.0 Å². The number of imide groups is 1. The number of nitriles is 2. The van der Waals surface area contributed by atoms with Crippen molar-refractivity contribution in [2.75, 3.05) is 47.8 Å². The molecule has 0 bridgehead atoms. The van der Waals surface area contributed by atoms with Crippen LogP contribution in [0.4, 0.5) is 21.9 Å². The number of hydrogen-bond donors (Lipinski definition) is 2. The summed E-state index contributed by atoms with van der Waals surface area (Å²) in [6, 6.07) is 15.7. The number of carbonyl (C=O) groups excluding carboxylic acids is 2. The van der Waals surface area contributed by atoms with Crippen LogP contribution in [-0.4, -0.2) is 96.4 Å². The highest BCUT2D eigenvalue weighted by molar-refractivity contribution is 6.05. The van der Waals surface area contributed by atoms with E-state index >= 15 is 0 Å². The van der Waals surface area contributed by atoms with Crippen LogP contribution in [0.2, 0.25) is 0 Å². The molecule has 3 aliphatic rings. The number of rotatable bonds is 11. The van der Waals surface area contributed by atoms with Crippen LogP contribution in [0.3, 0.4) is 0 Å². The van der Waals surface area contributed by atoms with Gasteiger partial charge in [0.1, 0.15) is 17.8 Å². The summed E-state index contributed by atoms with van der Waals surface area (Å²) in [7, 11) is 0. The van der Waals surface area contributed by atoms with Crippen LogP contribution in [0.1, 0.15) is 76.0 Å². The van der Waals surface area contributed by atoms with Gasteiger partial charge in [-0.3, -0.25) is 19.9 Å². The summed E-state index contributed by atoms with van der Waals surface area (Å²) in [4.78, 5) is 39.7. The number of fused-ring (bicyclic) bond motifs is 1. The topological polar surface area (TPSA) is 190 Å². The summed E-state index contributed by atoms with van der Waals surface area (Å²) in [5, 5.41) is 38.8. The SMILES string of the molecule is CC[C@H]1CN(CCC2CCC(c3cn(-c4cnc(-n5ncc6cc(C#N)cnc65)cc4N[C@H](C)C#N)nn3)CC2)CCN1c1ccc(N2CCC(=O)NC2=O)cc1. The molecule has 1 aromatic carbocycles. The maximum absolute atomic E-state index is 12.3. The Morgan fingerprint density at radius 2 is 1.79 bits per heavy atom. The zero-order chi connectivity index (χ0) is 39.5. The second-order valence-corrected chi connectivity index (χ2v) is 15.3. The molecule has 0 spiro atoms. The van der Waals surface area contributed by atoms with E-state index in [0.717, 1.165) is 75.1 Å². The van der Waals surface area contributed by atoms with Crippen LogP contribution in [-0.2, 0) is 4.79 Å². The second kappa shape index (κ2) is 16.4. The van der Waals surface area contributed by atoms with Crippen molar-refractivity contribution >= 4 is 40.0 Å². The van der Waals surface area contributed by atoms with E-state index in [1.54, 1.807) is 39.6 Å². The average Bonchev–Trinajstić information content (AvgIpc) is 3.91. The fourth-order valence-electron chi connectivity index (χ4n) is 8.41. The predicted octanol–water partition coefficient (Wildman–Crippen LogP) is 5.30. The molecule has 6 heterocycles. The lowest BCUT2D eigenvalue weighted by atomic mass is 9.79. The smallest absolute Gasteiger partial charge is 0.328 e. The van der Waals surface area contributed by atoms with E-state index in [1.807, 2.05) is 24.4 Å². The van der Waals surface area contributed by atoms with E-state index in [4.69, 9.17) is 0 Å². The molecule has 2 N–H and O–H groups in total. The summed E-state index contributed by atoms with van der Waals surface area (Å²) in [6.45, 7) is 8.56. The Hall–Kier alpha value is -6.39. The Bertz CT molecular complexity index is 2330. The summed E-state index contributed by atoms with van der Waals surface area (Å²) in [5.41, 5.74) is 5.32. The second-order valence-electron chi connectivity index (χ2n) is 15.3. The molecule has 4 aromatic heterocycles. The third-order valence-corrected chi connectivity index (χ3v) is 11.6. The van der Waals surface area contributed by atoms with Gasteiger partial charge in [-0.1, -0.05) is 12.1 Å². The summed E-state index contributed by atoms with van der Waals surface area (Å²) in [6.07, 6.45) is 13.9. The number of piperazine rings is 1. The van der Waals surface area contributed by atoms with Gasteiger partial charge in [0.05, 0.1) is 41.6 Å². The first-order valence-corrected chi connectivity index (χ1v) is 19.8. The van der Waals surface area contributed by atoms with Gasteiger partial charge in [-0.2, -0.15) is 20.3 Å². The van der Waals surface area contributed by atoms with E-state index in [9.17, 15) is 20.1 Å². The standard InChI is InChI=1S/C41H46N14O2/c1-3-32-25-51(16-17-52(32)33-8-10-34(11-9-33)53-15-13-39(56)48-41(53)57)14-12-28-4-6-30(7-5-28)36-26-54(50-49-36)37-24-44-38(19-35(37)47-27(2)20-42)55-40-31(23-46-55)18-29(21-43)22-45-40/h8-11,18-19,22-24,26-28,30,32H,3-7,12-17,25H2,1-2H3,(H,44,47)(H,48,56,57)/t27-,28?,30?,32+/m1/s1. The molecular formula is C41H46N14O2. The first-order valence-electron chi connectivity index (χ1n) is 19.8. The number of aromatic nitrogens is 7. The van der Waals surface area contributed by atoms with Gasteiger partial charge >= 0.3 is 6.03 Å². The first-order chi connectivity index (χ1) is 27.8. The quantitative estimate of drug-likeness (QED) is 0.177. The predicted molar refractivity (Wildman–Crippen MR) is 214 cm³/mol. The molecule has 2 saturated heterocycles. The molecule has 16 nitrogen and oxygen atoms in total. The van der Waals surface area contributed by atoms with E-state index in [1.165, 1.54) is 18.3 Å². The molecule has 0 radical (unpaired) electrons. The molecule has 16 heteroatoms. The fraction of sp³-hybridized carbons (Fsp3) is 0.439. The number of urea groups is 1. The van der Waals surface area contributed by atoms with Crippen LogP contribution in [0.5, 0.6) is 0 Å². The maximum Gasteiger partial charge on any atom is 0.328 e. The molecule has 2 atom stereocenters. The zero-order valence-electron chi connectivity index (χ0n) is 32.3. The Morgan fingerprint density at radius 3 is 2.54 bits per heavy atom. The Labute approximate surface area is 331 Å². The van der Waals surface area contributed by atoms with Crippen LogP contribution >= 0.6 is 0 Å². The number of anilines is 3. The van der Waals surface area contributed by atoms with Crippen LogP contribution in [0.25, 0.3) is 22.5 Å². The zero-order valence-corrected chi connectivity index (χ0v) is 32.3. The van der Waals surface area contributed by atoms with Gasteiger partial charge in [-0.05, 0) is 88.2 Å². The minimum Gasteiger partial charge on any atom is -0.368 e. The van der Waals surface area contributed by atoms with Gasteiger partial charge in [0.25, 0.3) is 0 Å². The monoisotopic (exact) mass is 766 g/mol. The number of benzene rings is 1. The Morgan fingerprint density at radius 1 is 0.982 bits per heavy atom. The number of carbonyl (C=O) groups is 2. The maximum atomic E-state index is 12.3. The lowest BCUT2D eigenvalue weighted by Gasteiger charge is -2.43. The molecule has 292 valence electrons. The van der Waals surface area contributed by atoms with Crippen LogP contribution in [0.15, 0.2) is 61.2 Å². The minimum atomic E-state index is -0.468. The number of hydrogen-bond acceptors (Lipinski definition) is 12. The van der Waals surface area contributed by atoms with E-state index < -0.39 is 6.04 Å².